The van der Waals surface area contributed by atoms with Crippen molar-refractivity contribution in [2.45, 2.75) is 31.8 Å². The summed E-state index contributed by atoms with van der Waals surface area (Å²) in [6.07, 6.45) is 5.04. The quantitative estimate of drug-likeness (QED) is 0.947. The van der Waals surface area contributed by atoms with Crippen molar-refractivity contribution in [3.63, 3.8) is 0 Å². The minimum atomic E-state index is 0.537. The SMILES string of the molecule is Brc1ccc2c(c1)CCC(NCc1ccon1)C2. The number of nitrogens with one attached hydrogen (secondary N) is 1. The lowest BCUT2D eigenvalue weighted by Gasteiger charge is -2.25. The average molecular weight is 307 g/mol. The van der Waals surface area contributed by atoms with Crippen LogP contribution in [-0.4, -0.2) is 11.2 Å². The van der Waals surface area contributed by atoms with Gasteiger partial charge in [0.25, 0.3) is 0 Å². The lowest BCUT2D eigenvalue weighted by atomic mass is 9.88. The molecule has 3 nitrogen and oxygen atoms in total. The number of hydrogen-bond acceptors (Lipinski definition) is 3. The van der Waals surface area contributed by atoms with Crippen LogP contribution in [0.15, 0.2) is 39.5 Å². The molecule has 2 aromatic rings. The van der Waals surface area contributed by atoms with E-state index < -0.39 is 0 Å². The molecule has 0 bridgehead atoms. The Morgan fingerprint density at radius 3 is 3.11 bits per heavy atom. The van der Waals surface area contributed by atoms with Crippen LogP contribution < -0.4 is 5.32 Å². The minimum absolute atomic E-state index is 0.537. The molecule has 1 aromatic heterocycles. The summed E-state index contributed by atoms with van der Waals surface area (Å²) in [4.78, 5) is 0. The van der Waals surface area contributed by atoms with Gasteiger partial charge in [-0.15, -0.1) is 0 Å². The van der Waals surface area contributed by atoms with Crippen molar-refractivity contribution in [1.29, 1.82) is 0 Å². The van der Waals surface area contributed by atoms with Gasteiger partial charge in [-0.25, -0.2) is 0 Å². The zero-order valence-corrected chi connectivity index (χ0v) is 11.6. The maximum atomic E-state index is 4.83. The van der Waals surface area contributed by atoms with E-state index in [1.807, 2.05) is 6.07 Å². The van der Waals surface area contributed by atoms with Crippen molar-refractivity contribution in [3.8, 4) is 0 Å². The third-order valence-electron chi connectivity index (χ3n) is 3.46. The number of benzene rings is 1. The lowest BCUT2D eigenvalue weighted by Crippen LogP contribution is -2.34. The van der Waals surface area contributed by atoms with Gasteiger partial charge in [0.2, 0.25) is 0 Å². The van der Waals surface area contributed by atoms with Crippen molar-refractivity contribution in [3.05, 3.63) is 51.8 Å². The summed E-state index contributed by atoms with van der Waals surface area (Å²) in [5.74, 6) is 0. The highest BCUT2D eigenvalue weighted by Crippen LogP contribution is 2.24. The molecule has 1 unspecified atom stereocenters. The van der Waals surface area contributed by atoms with Crippen LogP contribution in [0.1, 0.15) is 23.2 Å². The Hall–Kier alpha value is -1.13. The van der Waals surface area contributed by atoms with Crippen LogP contribution in [0.3, 0.4) is 0 Å². The molecule has 0 radical (unpaired) electrons. The summed E-state index contributed by atoms with van der Waals surface area (Å²) >= 11 is 3.53. The Kier molecular flexibility index (Phi) is 3.48. The first-order valence-electron chi connectivity index (χ1n) is 6.21. The van der Waals surface area contributed by atoms with E-state index in [1.54, 1.807) is 6.26 Å². The maximum absolute atomic E-state index is 4.83. The molecule has 1 atom stereocenters. The van der Waals surface area contributed by atoms with E-state index in [9.17, 15) is 0 Å². The van der Waals surface area contributed by atoms with E-state index in [0.29, 0.717) is 6.04 Å². The molecule has 1 aliphatic carbocycles. The summed E-state index contributed by atoms with van der Waals surface area (Å²) in [6.45, 7) is 0.785. The predicted molar refractivity (Wildman–Crippen MR) is 73.3 cm³/mol. The fraction of sp³-hybridized carbons (Fsp3) is 0.357. The molecule has 94 valence electrons. The Bertz CT molecular complexity index is 525. The van der Waals surface area contributed by atoms with E-state index >= 15 is 0 Å². The number of aromatic nitrogens is 1. The monoisotopic (exact) mass is 306 g/mol. The van der Waals surface area contributed by atoms with E-state index in [0.717, 1.165) is 25.1 Å². The van der Waals surface area contributed by atoms with Gasteiger partial charge in [-0.05, 0) is 42.5 Å². The van der Waals surface area contributed by atoms with E-state index in [2.05, 4.69) is 44.6 Å². The van der Waals surface area contributed by atoms with Crippen LogP contribution in [-0.2, 0) is 19.4 Å². The third-order valence-corrected chi connectivity index (χ3v) is 3.95. The molecule has 0 saturated heterocycles. The normalized spacial score (nSPS) is 18.6. The summed E-state index contributed by atoms with van der Waals surface area (Å²) in [5.41, 5.74) is 3.91. The Balaban J connectivity index is 1.62. The number of aryl methyl sites for hydroxylation is 1. The molecule has 1 aliphatic rings. The van der Waals surface area contributed by atoms with Gasteiger partial charge in [-0.3, -0.25) is 0 Å². The van der Waals surface area contributed by atoms with Crippen molar-refractivity contribution in [1.82, 2.24) is 10.5 Å². The smallest absolute Gasteiger partial charge is 0.124 e. The fourth-order valence-electron chi connectivity index (χ4n) is 2.48. The number of rotatable bonds is 3. The highest BCUT2D eigenvalue weighted by atomic mass is 79.9. The van der Waals surface area contributed by atoms with E-state index in [4.69, 9.17) is 4.52 Å². The van der Waals surface area contributed by atoms with Crippen LogP contribution >= 0.6 is 15.9 Å². The molecule has 0 aliphatic heterocycles. The molecule has 1 aromatic carbocycles. The molecule has 1 N–H and O–H groups in total. The third kappa shape index (κ3) is 2.65. The topological polar surface area (TPSA) is 38.1 Å². The standard InChI is InChI=1S/C14H15BrN2O/c15-12-3-1-11-8-13(4-2-10(11)7-12)16-9-14-5-6-18-17-14/h1,3,5-7,13,16H,2,4,8-9H2. The molecular weight excluding hydrogens is 292 g/mol. The Morgan fingerprint density at radius 2 is 2.28 bits per heavy atom. The average Bonchev–Trinajstić information content (AvgIpc) is 2.89. The first kappa shape index (κ1) is 11.9. The molecular formula is C14H15BrN2O. The van der Waals surface area contributed by atoms with Crippen LogP contribution in [0.4, 0.5) is 0 Å². The molecule has 18 heavy (non-hydrogen) atoms. The molecule has 0 saturated carbocycles. The predicted octanol–water partition coefficient (Wildman–Crippen LogP) is 3.08. The molecule has 0 spiro atoms. The Labute approximate surface area is 115 Å². The van der Waals surface area contributed by atoms with Gasteiger partial charge in [-0.1, -0.05) is 27.2 Å². The zero-order valence-electron chi connectivity index (χ0n) is 10.0. The molecule has 1 heterocycles. The first-order valence-corrected chi connectivity index (χ1v) is 7.00. The van der Waals surface area contributed by atoms with Crippen LogP contribution in [0.2, 0.25) is 0 Å². The summed E-state index contributed by atoms with van der Waals surface area (Å²) in [5, 5.41) is 7.46. The number of halogens is 1. The summed E-state index contributed by atoms with van der Waals surface area (Å²) in [6, 6.07) is 9.03. The van der Waals surface area contributed by atoms with Crippen LogP contribution in [0.5, 0.6) is 0 Å². The fourth-order valence-corrected chi connectivity index (χ4v) is 2.88. The zero-order chi connectivity index (χ0) is 12.4. The van der Waals surface area contributed by atoms with Gasteiger partial charge in [0.15, 0.2) is 0 Å². The molecule has 3 rings (SSSR count). The number of hydrogen-bond donors (Lipinski definition) is 1. The second kappa shape index (κ2) is 5.24. The van der Waals surface area contributed by atoms with Crippen molar-refractivity contribution >= 4 is 15.9 Å². The van der Waals surface area contributed by atoms with E-state index in [-0.39, 0.29) is 0 Å². The number of nitrogens with zero attached hydrogens (tertiary/aromatic N) is 1. The van der Waals surface area contributed by atoms with Crippen LogP contribution in [0, 0.1) is 0 Å². The summed E-state index contributed by atoms with van der Waals surface area (Å²) < 4.78 is 6.00. The first-order chi connectivity index (χ1) is 8.81. The Morgan fingerprint density at radius 1 is 1.33 bits per heavy atom. The lowest BCUT2D eigenvalue weighted by molar-refractivity contribution is 0.398. The van der Waals surface area contributed by atoms with Gasteiger partial charge in [-0.2, -0.15) is 0 Å². The van der Waals surface area contributed by atoms with Gasteiger partial charge < -0.3 is 9.84 Å². The van der Waals surface area contributed by atoms with E-state index in [1.165, 1.54) is 22.0 Å². The van der Waals surface area contributed by atoms with Gasteiger partial charge in [0.05, 0.1) is 5.69 Å². The molecule has 0 fully saturated rings. The maximum Gasteiger partial charge on any atom is 0.124 e. The van der Waals surface area contributed by atoms with Gasteiger partial charge >= 0.3 is 0 Å². The van der Waals surface area contributed by atoms with Crippen molar-refractivity contribution in [2.24, 2.45) is 0 Å². The van der Waals surface area contributed by atoms with Crippen molar-refractivity contribution < 1.29 is 4.52 Å². The minimum Gasteiger partial charge on any atom is -0.364 e. The largest absolute Gasteiger partial charge is 0.364 e. The van der Waals surface area contributed by atoms with Gasteiger partial charge in [0.1, 0.15) is 6.26 Å². The van der Waals surface area contributed by atoms with Gasteiger partial charge in [0, 0.05) is 23.1 Å². The van der Waals surface area contributed by atoms with Crippen LogP contribution in [0.25, 0.3) is 0 Å². The van der Waals surface area contributed by atoms with Crippen molar-refractivity contribution in [2.75, 3.05) is 0 Å². The second-order valence-corrected chi connectivity index (χ2v) is 5.64. The number of fused-ring (bicyclic) bond motifs is 1. The second-order valence-electron chi connectivity index (χ2n) is 4.72. The molecule has 0 amide bonds. The summed E-state index contributed by atoms with van der Waals surface area (Å²) in [7, 11) is 0. The highest BCUT2D eigenvalue weighted by Gasteiger charge is 2.18. The highest BCUT2D eigenvalue weighted by molar-refractivity contribution is 9.10. The molecule has 4 heteroatoms.